The van der Waals surface area contributed by atoms with Gasteiger partial charge in [-0.25, -0.2) is 4.79 Å². The molecule has 0 saturated carbocycles. The number of carbonyl (C=O) groups is 1. The van der Waals surface area contributed by atoms with E-state index in [1.807, 2.05) is 6.07 Å². The largest absolute Gasteiger partial charge is 0.464 e. The van der Waals surface area contributed by atoms with E-state index in [0.717, 1.165) is 5.69 Å². The molecule has 2 aromatic heterocycles. The average molecular weight is 308 g/mol. The molecule has 2 N–H and O–H groups in total. The van der Waals surface area contributed by atoms with Crippen molar-refractivity contribution < 1.29 is 9.53 Å². The second-order valence-corrected chi connectivity index (χ2v) is 4.61. The third-order valence-electron chi connectivity index (χ3n) is 3.32. The van der Waals surface area contributed by atoms with Gasteiger partial charge in [0.05, 0.1) is 36.4 Å². The Balaban J connectivity index is 2.08. The molecule has 0 aliphatic carbocycles. The lowest BCUT2D eigenvalue weighted by atomic mass is 10.2. The summed E-state index contributed by atoms with van der Waals surface area (Å²) < 4.78 is 6.27. The highest BCUT2D eigenvalue weighted by Crippen LogP contribution is 2.25. The van der Waals surface area contributed by atoms with Gasteiger partial charge in [0, 0.05) is 11.9 Å². The van der Waals surface area contributed by atoms with Crippen molar-refractivity contribution in [1.29, 1.82) is 5.26 Å². The molecule has 0 aliphatic rings. The number of methoxy groups -OCH3 is 1. The fraction of sp³-hybridized carbons (Fsp3) is 0.0667. The van der Waals surface area contributed by atoms with E-state index < -0.39 is 5.97 Å². The number of nitrogen functional groups attached to an aromatic ring is 1. The Morgan fingerprint density at radius 2 is 1.83 bits per heavy atom. The molecule has 0 fully saturated rings. The Morgan fingerprint density at radius 1 is 1.22 bits per heavy atom. The van der Waals surface area contributed by atoms with Crippen LogP contribution in [0.15, 0.2) is 42.9 Å². The standard InChI is InChI=1S/C15H12N6O2/c1-23-15(22)14-13(17)10(8-16)9-20(14)11-2-4-12(5-3-11)21-18-6-7-19-21/h2-7,9H,17H2,1H3. The summed E-state index contributed by atoms with van der Waals surface area (Å²) in [6.45, 7) is 0. The molecule has 0 atom stereocenters. The van der Waals surface area contributed by atoms with Crippen molar-refractivity contribution in [1.82, 2.24) is 19.6 Å². The summed E-state index contributed by atoms with van der Waals surface area (Å²) in [5.41, 5.74) is 7.72. The van der Waals surface area contributed by atoms with Gasteiger partial charge >= 0.3 is 5.97 Å². The summed E-state index contributed by atoms with van der Waals surface area (Å²) in [5.74, 6) is -0.609. The minimum absolute atomic E-state index is 0.0946. The summed E-state index contributed by atoms with van der Waals surface area (Å²) >= 11 is 0. The predicted octanol–water partition coefficient (Wildman–Crippen LogP) is 1.30. The number of aromatic nitrogens is 4. The van der Waals surface area contributed by atoms with E-state index in [2.05, 4.69) is 10.2 Å². The van der Waals surface area contributed by atoms with Crippen LogP contribution in [0.2, 0.25) is 0 Å². The van der Waals surface area contributed by atoms with E-state index in [1.54, 1.807) is 36.7 Å². The average Bonchev–Trinajstić information content (AvgIpc) is 3.22. The van der Waals surface area contributed by atoms with Crippen LogP contribution in [0.3, 0.4) is 0 Å². The van der Waals surface area contributed by atoms with E-state index in [0.29, 0.717) is 5.69 Å². The van der Waals surface area contributed by atoms with Crippen molar-refractivity contribution in [2.45, 2.75) is 0 Å². The molecule has 23 heavy (non-hydrogen) atoms. The molecule has 0 saturated heterocycles. The highest BCUT2D eigenvalue weighted by molar-refractivity contribution is 5.95. The minimum atomic E-state index is -0.609. The van der Waals surface area contributed by atoms with Crippen LogP contribution in [0.1, 0.15) is 16.1 Å². The second-order valence-electron chi connectivity index (χ2n) is 4.61. The summed E-state index contributed by atoms with van der Waals surface area (Å²) in [6, 6.07) is 9.08. The van der Waals surface area contributed by atoms with Crippen molar-refractivity contribution >= 4 is 11.7 Å². The monoisotopic (exact) mass is 308 g/mol. The van der Waals surface area contributed by atoms with Crippen molar-refractivity contribution in [3.8, 4) is 17.4 Å². The molecule has 0 bridgehead atoms. The Kier molecular flexibility index (Phi) is 3.52. The van der Waals surface area contributed by atoms with Crippen LogP contribution >= 0.6 is 0 Å². The van der Waals surface area contributed by atoms with Crippen LogP contribution in [-0.4, -0.2) is 32.6 Å². The number of anilines is 1. The predicted molar refractivity (Wildman–Crippen MR) is 81.2 cm³/mol. The second kappa shape index (κ2) is 5.65. The van der Waals surface area contributed by atoms with E-state index >= 15 is 0 Å². The lowest BCUT2D eigenvalue weighted by molar-refractivity contribution is 0.0593. The van der Waals surface area contributed by atoms with Crippen LogP contribution in [0.25, 0.3) is 11.4 Å². The summed E-state index contributed by atoms with van der Waals surface area (Å²) in [4.78, 5) is 13.4. The van der Waals surface area contributed by atoms with Gasteiger partial charge in [0.15, 0.2) is 5.69 Å². The van der Waals surface area contributed by atoms with Crippen molar-refractivity contribution in [3.63, 3.8) is 0 Å². The quantitative estimate of drug-likeness (QED) is 0.730. The Morgan fingerprint density at radius 3 is 2.39 bits per heavy atom. The van der Waals surface area contributed by atoms with Gasteiger partial charge in [0.2, 0.25) is 0 Å². The topological polar surface area (TPSA) is 112 Å². The van der Waals surface area contributed by atoms with Gasteiger partial charge in [-0.15, -0.1) is 0 Å². The first-order chi connectivity index (χ1) is 11.2. The maximum atomic E-state index is 12.0. The number of nitrogens with zero attached hydrogens (tertiary/aromatic N) is 5. The third-order valence-corrected chi connectivity index (χ3v) is 3.32. The fourth-order valence-corrected chi connectivity index (χ4v) is 2.21. The minimum Gasteiger partial charge on any atom is -0.464 e. The first-order valence-electron chi connectivity index (χ1n) is 6.62. The van der Waals surface area contributed by atoms with Crippen LogP contribution in [-0.2, 0) is 4.74 Å². The number of ether oxygens (including phenoxy) is 1. The summed E-state index contributed by atoms with van der Waals surface area (Å²) in [6.07, 6.45) is 4.66. The summed E-state index contributed by atoms with van der Waals surface area (Å²) in [5, 5.41) is 17.2. The molecule has 0 unspecified atom stereocenters. The Hall–Kier alpha value is -3.60. The smallest absolute Gasteiger partial charge is 0.357 e. The van der Waals surface area contributed by atoms with Crippen molar-refractivity contribution in [3.05, 3.63) is 54.1 Å². The number of hydrogen-bond acceptors (Lipinski definition) is 6. The molecule has 0 amide bonds. The lowest BCUT2D eigenvalue weighted by Crippen LogP contribution is -2.11. The fourth-order valence-electron chi connectivity index (χ4n) is 2.21. The van der Waals surface area contributed by atoms with Crippen LogP contribution in [0.5, 0.6) is 0 Å². The van der Waals surface area contributed by atoms with Gasteiger partial charge < -0.3 is 15.0 Å². The number of rotatable bonds is 3. The lowest BCUT2D eigenvalue weighted by Gasteiger charge is -2.09. The first kappa shape index (κ1) is 14.3. The van der Waals surface area contributed by atoms with Crippen LogP contribution in [0, 0.1) is 11.3 Å². The maximum Gasteiger partial charge on any atom is 0.357 e. The Bertz CT molecular complexity index is 887. The maximum absolute atomic E-state index is 12.0. The molecule has 8 nitrogen and oxygen atoms in total. The zero-order valence-corrected chi connectivity index (χ0v) is 12.2. The van der Waals surface area contributed by atoms with Gasteiger partial charge in [-0.1, -0.05) is 0 Å². The molecule has 3 rings (SSSR count). The molecule has 0 aliphatic heterocycles. The number of nitriles is 1. The number of nitrogens with two attached hydrogens (primary N) is 1. The highest BCUT2D eigenvalue weighted by atomic mass is 16.5. The van der Waals surface area contributed by atoms with Gasteiger partial charge in [-0.05, 0) is 24.3 Å². The van der Waals surface area contributed by atoms with Crippen LogP contribution < -0.4 is 5.73 Å². The molecular weight excluding hydrogens is 296 g/mol. The zero-order chi connectivity index (χ0) is 16.4. The van der Waals surface area contributed by atoms with Crippen LogP contribution in [0.4, 0.5) is 5.69 Å². The molecule has 0 radical (unpaired) electrons. The van der Waals surface area contributed by atoms with Crippen molar-refractivity contribution in [2.24, 2.45) is 0 Å². The number of benzene rings is 1. The van der Waals surface area contributed by atoms with E-state index in [1.165, 1.54) is 22.7 Å². The van der Waals surface area contributed by atoms with Gasteiger partial charge in [0.25, 0.3) is 0 Å². The molecule has 114 valence electrons. The van der Waals surface area contributed by atoms with Gasteiger partial charge in [0.1, 0.15) is 6.07 Å². The normalized spacial score (nSPS) is 10.3. The zero-order valence-electron chi connectivity index (χ0n) is 12.2. The van der Waals surface area contributed by atoms with E-state index in [4.69, 9.17) is 15.7 Å². The molecule has 3 aromatic rings. The first-order valence-corrected chi connectivity index (χ1v) is 6.62. The molecule has 2 heterocycles. The molecule has 1 aromatic carbocycles. The SMILES string of the molecule is COC(=O)c1c(N)c(C#N)cn1-c1ccc(-n2nccn2)cc1. The van der Waals surface area contributed by atoms with Gasteiger partial charge in [-0.3, -0.25) is 0 Å². The molecule has 8 heteroatoms. The van der Waals surface area contributed by atoms with E-state index in [-0.39, 0.29) is 16.9 Å². The number of hydrogen-bond donors (Lipinski definition) is 1. The third kappa shape index (κ3) is 2.40. The molecular formula is C15H12N6O2. The number of esters is 1. The Labute approximate surface area is 131 Å². The van der Waals surface area contributed by atoms with Crippen molar-refractivity contribution in [2.75, 3.05) is 12.8 Å². The molecule has 0 spiro atoms. The highest BCUT2D eigenvalue weighted by Gasteiger charge is 2.21. The van der Waals surface area contributed by atoms with Gasteiger partial charge in [-0.2, -0.15) is 20.3 Å². The van der Waals surface area contributed by atoms with E-state index in [9.17, 15) is 4.79 Å². The summed E-state index contributed by atoms with van der Waals surface area (Å²) in [7, 11) is 1.26. The number of carbonyl (C=O) groups excluding carboxylic acids is 1.